The number of rotatable bonds is 6. The molecule has 5 nitrogen and oxygen atoms in total. The van der Waals surface area contributed by atoms with Crippen LogP contribution in [-0.4, -0.2) is 25.0 Å². The zero-order valence-corrected chi connectivity index (χ0v) is 15.8. The number of amides is 2. The molecule has 0 aliphatic carbocycles. The van der Waals surface area contributed by atoms with Crippen LogP contribution in [0.5, 0.6) is 5.75 Å². The van der Waals surface area contributed by atoms with Crippen LogP contribution in [0.3, 0.4) is 0 Å². The van der Waals surface area contributed by atoms with Gasteiger partial charge in [-0.3, -0.25) is 9.59 Å². The Labute approximate surface area is 158 Å². The van der Waals surface area contributed by atoms with Gasteiger partial charge in [-0.2, -0.15) is 0 Å². The molecule has 2 aromatic carbocycles. The number of benzene rings is 2. The van der Waals surface area contributed by atoms with Crippen LogP contribution in [0.2, 0.25) is 5.02 Å². The van der Waals surface area contributed by atoms with E-state index in [9.17, 15) is 9.59 Å². The van der Waals surface area contributed by atoms with Crippen LogP contribution in [0, 0.1) is 3.57 Å². The van der Waals surface area contributed by atoms with Crippen molar-refractivity contribution in [2.75, 3.05) is 18.5 Å². The Kier molecular flexibility index (Phi) is 6.86. The van der Waals surface area contributed by atoms with Crippen LogP contribution in [0.4, 0.5) is 5.69 Å². The summed E-state index contributed by atoms with van der Waals surface area (Å²) < 4.78 is 6.17. The zero-order chi connectivity index (χ0) is 17.5. The van der Waals surface area contributed by atoms with Gasteiger partial charge in [-0.15, -0.1) is 0 Å². The highest BCUT2D eigenvalue weighted by Crippen LogP contribution is 2.21. The number of ether oxygens (including phenoxy) is 1. The first kappa shape index (κ1) is 18.5. The molecule has 24 heavy (non-hydrogen) atoms. The van der Waals surface area contributed by atoms with Crippen LogP contribution in [-0.2, 0) is 4.79 Å². The number of carbonyl (C=O) groups is 2. The molecule has 0 aliphatic rings. The highest BCUT2D eigenvalue weighted by atomic mass is 127. The quantitative estimate of drug-likeness (QED) is 0.649. The number of nitrogens with one attached hydrogen (secondary N) is 2. The van der Waals surface area contributed by atoms with E-state index in [0.717, 1.165) is 3.57 Å². The summed E-state index contributed by atoms with van der Waals surface area (Å²) in [7, 11) is 0. The lowest BCUT2D eigenvalue weighted by Crippen LogP contribution is -2.28. The first-order valence-corrected chi connectivity index (χ1v) is 8.71. The molecule has 0 bridgehead atoms. The summed E-state index contributed by atoms with van der Waals surface area (Å²) in [6, 6.07) is 11.9. The summed E-state index contributed by atoms with van der Waals surface area (Å²) in [4.78, 5) is 23.5. The Morgan fingerprint density at radius 2 is 1.88 bits per heavy atom. The molecule has 0 saturated heterocycles. The predicted octanol–water partition coefficient (Wildman–Crippen LogP) is 3.71. The van der Waals surface area contributed by atoms with Crippen molar-refractivity contribution >= 4 is 51.7 Å². The monoisotopic (exact) mass is 458 g/mol. The minimum atomic E-state index is -0.222. The summed E-state index contributed by atoms with van der Waals surface area (Å²) in [6.07, 6.45) is 0. The molecule has 0 spiro atoms. The van der Waals surface area contributed by atoms with Gasteiger partial charge in [0.1, 0.15) is 5.75 Å². The third kappa shape index (κ3) is 5.38. The molecule has 0 radical (unpaired) electrons. The Hall–Kier alpha value is -1.80. The van der Waals surface area contributed by atoms with Gasteiger partial charge in [0.2, 0.25) is 0 Å². The minimum Gasteiger partial charge on any atom is -0.484 e. The summed E-state index contributed by atoms with van der Waals surface area (Å²) in [6.45, 7) is 2.37. The van der Waals surface area contributed by atoms with E-state index in [2.05, 4.69) is 33.2 Å². The van der Waals surface area contributed by atoms with Crippen molar-refractivity contribution in [2.24, 2.45) is 0 Å². The Morgan fingerprint density at radius 3 is 2.50 bits per heavy atom. The molecule has 2 amide bonds. The zero-order valence-electron chi connectivity index (χ0n) is 12.9. The number of carbonyl (C=O) groups excluding carboxylic acids is 2. The van der Waals surface area contributed by atoms with Crippen LogP contribution in [0.25, 0.3) is 0 Å². The molecule has 0 atom stereocenters. The third-order valence-electron chi connectivity index (χ3n) is 3.04. The van der Waals surface area contributed by atoms with Gasteiger partial charge in [0.25, 0.3) is 11.8 Å². The van der Waals surface area contributed by atoms with Gasteiger partial charge in [-0.05, 0) is 72.0 Å². The van der Waals surface area contributed by atoms with Gasteiger partial charge < -0.3 is 15.4 Å². The van der Waals surface area contributed by atoms with Gasteiger partial charge in [-0.25, -0.2) is 0 Å². The van der Waals surface area contributed by atoms with E-state index >= 15 is 0 Å². The Morgan fingerprint density at radius 1 is 1.17 bits per heavy atom. The lowest BCUT2D eigenvalue weighted by atomic mass is 10.2. The van der Waals surface area contributed by atoms with Gasteiger partial charge >= 0.3 is 0 Å². The van der Waals surface area contributed by atoms with Crippen molar-refractivity contribution in [1.29, 1.82) is 0 Å². The molecule has 2 aromatic rings. The van der Waals surface area contributed by atoms with E-state index in [-0.39, 0.29) is 18.4 Å². The average molecular weight is 459 g/mol. The predicted molar refractivity (Wildman–Crippen MR) is 103 cm³/mol. The molecule has 126 valence electrons. The standard InChI is InChI=1S/C17H16ClIN2O3/c1-2-20-16(22)10-24-13-6-4-12(5-7-13)21-17(23)11-3-8-14(18)15(19)9-11/h3-9H,2,10H2,1H3,(H,20,22)(H,21,23). The van der Waals surface area contributed by atoms with E-state index in [1.807, 2.05) is 6.92 Å². The molecule has 7 heteroatoms. The molecule has 0 aliphatic heterocycles. The molecule has 0 unspecified atom stereocenters. The van der Waals surface area contributed by atoms with Crippen molar-refractivity contribution in [3.8, 4) is 5.75 Å². The molecule has 0 fully saturated rings. The fourth-order valence-corrected chi connectivity index (χ4v) is 2.51. The van der Waals surface area contributed by atoms with Crippen molar-refractivity contribution in [3.05, 3.63) is 56.6 Å². The Balaban J connectivity index is 1.94. The maximum absolute atomic E-state index is 12.2. The van der Waals surface area contributed by atoms with Gasteiger partial charge in [-0.1, -0.05) is 11.6 Å². The fraction of sp³-hybridized carbons (Fsp3) is 0.176. The second-order valence-corrected chi connectivity index (χ2v) is 6.42. The lowest BCUT2D eigenvalue weighted by Gasteiger charge is -2.09. The van der Waals surface area contributed by atoms with Gasteiger partial charge in [0.15, 0.2) is 6.61 Å². The SMILES string of the molecule is CCNC(=O)COc1ccc(NC(=O)c2ccc(Cl)c(I)c2)cc1. The summed E-state index contributed by atoms with van der Waals surface area (Å²) in [5.74, 6) is 0.160. The topological polar surface area (TPSA) is 67.4 Å². The van der Waals surface area contributed by atoms with Gasteiger partial charge in [0.05, 0.1) is 5.02 Å². The molecule has 0 saturated carbocycles. The van der Waals surface area contributed by atoms with Crippen LogP contribution in [0.1, 0.15) is 17.3 Å². The third-order valence-corrected chi connectivity index (χ3v) is 4.58. The van der Waals surface area contributed by atoms with E-state index in [1.165, 1.54) is 0 Å². The summed E-state index contributed by atoms with van der Waals surface area (Å²) in [5, 5.41) is 6.06. The van der Waals surface area contributed by atoms with Crippen LogP contribution < -0.4 is 15.4 Å². The first-order valence-electron chi connectivity index (χ1n) is 7.25. The van der Waals surface area contributed by atoms with Crippen molar-refractivity contribution in [3.63, 3.8) is 0 Å². The molecule has 2 N–H and O–H groups in total. The molecule has 2 rings (SSSR count). The highest BCUT2D eigenvalue weighted by molar-refractivity contribution is 14.1. The molecular formula is C17H16ClIN2O3. The number of halogens is 2. The lowest BCUT2D eigenvalue weighted by molar-refractivity contribution is -0.122. The number of likely N-dealkylation sites (N-methyl/N-ethyl adjacent to an activating group) is 1. The van der Waals surface area contributed by atoms with E-state index in [1.54, 1.807) is 42.5 Å². The fourth-order valence-electron chi connectivity index (χ4n) is 1.87. The Bertz CT molecular complexity index is 735. The summed E-state index contributed by atoms with van der Waals surface area (Å²) >= 11 is 8.03. The maximum atomic E-state index is 12.2. The molecule has 0 aromatic heterocycles. The van der Waals surface area contributed by atoms with Crippen molar-refractivity contribution in [2.45, 2.75) is 6.92 Å². The van der Waals surface area contributed by atoms with E-state index in [4.69, 9.17) is 16.3 Å². The van der Waals surface area contributed by atoms with E-state index in [0.29, 0.717) is 28.6 Å². The van der Waals surface area contributed by atoms with Crippen LogP contribution in [0.15, 0.2) is 42.5 Å². The second-order valence-electron chi connectivity index (χ2n) is 4.85. The van der Waals surface area contributed by atoms with E-state index < -0.39 is 0 Å². The molecular weight excluding hydrogens is 443 g/mol. The molecule has 0 heterocycles. The minimum absolute atomic E-state index is 0.0389. The highest BCUT2D eigenvalue weighted by Gasteiger charge is 2.08. The summed E-state index contributed by atoms with van der Waals surface area (Å²) in [5.41, 5.74) is 1.16. The van der Waals surface area contributed by atoms with Crippen LogP contribution >= 0.6 is 34.2 Å². The van der Waals surface area contributed by atoms with Gasteiger partial charge in [0, 0.05) is 21.4 Å². The van der Waals surface area contributed by atoms with Crippen molar-refractivity contribution in [1.82, 2.24) is 5.32 Å². The first-order chi connectivity index (χ1) is 11.5. The number of anilines is 1. The average Bonchev–Trinajstić information content (AvgIpc) is 2.57. The normalized spacial score (nSPS) is 10.1. The number of hydrogen-bond donors (Lipinski definition) is 2. The smallest absolute Gasteiger partial charge is 0.257 e. The second kappa shape index (κ2) is 8.89. The maximum Gasteiger partial charge on any atom is 0.257 e. The number of hydrogen-bond acceptors (Lipinski definition) is 3. The van der Waals surface area contributed by atoms with Crippen molar-refractivity contribution < 1.29 is 14.3 Å². The largest absolute Gasteiger partial charge is 0.484 e.